The van der Waals surface area contributed by atoms with Gasteiger partial charge in [-0.05, 0) is 12.8 Å². The highest BCUT2D eigenvalue weighted by atomic mass is 16.2. The summed E-state index contributed by atoms with van der Waals surface area (Å²) in [7, 11) is 0. The van der Waals surface area contributed by atoms with Gasteiger partial charge in [-0.15, -0.1) is 0 Å². The minimum atomic E-state index is -0.816. The number of hydrogen-bond acceptors (Lipinski definition) is 3. The Bertz CT molecular complexity index is 192. The van der Waals surface area contributed by atoms with Crippen molar-refractivity contribution < 1.29 is 9.59 Å². The molecule has 0 fully saturated rings. The standard InChI is InChI=1S/C8H17N3O2/c1-5(2)6(3)10-4-7(12)11-8(9)13/h5-6,10H,4H2,1-3H3,(H3,9,11,12,13). The number of carbonyl (C=O) groups is 2. The summed E-state index contributed by atoms with van der Waals surface area (Å²) >= 11 is 0. The molecule has 13 heavy (non-hydrogen) atoms. The molecule has 0 heterocycles. The summed E-state index contributed by atoms with van der Waals surface area (Å²) in [6.07, 6.45) is 0. The number of primary amides is 1. The van der Waals surface area contributed by atoms with E-state index >= 15 is 0 Å². The van der Waals surface area contributed by atoms with Crippen molar-refractivity contribution in [2.45, 2.75) is 26.8 Å². The van der Waals surface area contributed by atoms with E-state index in [2.05, 4.69) is 5.32 Å². The van der Waals surface area contributed by atoms with E-state index in [1.807, 2.05) is 26.1 Å². The van der Waals surface area contributed by atoms with E-state index in [0.717, 1.165) is 0 Å². The molecule has 0 rings (SSSR count). The Morgan fingerprint density at radius 3 is 2.23 bits per heavy atom. The summed E-state index contributed by atoms with van der Waals surface area (Å²) in [5, 5.41) is 4.94. The molecule has 0 saturated carbocycles. The Morgan fingerprint density at radius 2 is 1.85 bits per heavy atom. The van der Waals surface area contributed by atoms with E-state index in [1.165, 1.54) is 0 Å². The van der Waals surface area contributed by atoms with Gasteiger partial charge in [-0.3, -0.25) is 10.1 Å². The molecular formula is C8H17N3O2. The van der Waals surface area contributed by atoms with Gasteiger partial charge < -0.3 is 11.1 Å². The fourth-order valence-corrected chi connectivity index (χ4v) is 0.671. The van der Waals surface area contributed by atoms with Gasteiger partial charge in [0.15, 0.2) is 0 Å². The van der Waals surface area contributed by atoms with Crippen LogP contribution in [0.1, 0.15) is 20.8 Å². The molecule has 1 atom stereocenters. The molecule has 0 aliphatic rings. The number of rotatable bonds is 4. The molecule has 0 aromatic rings. The van der Waals surface area contributed by atoms with Crippen LogP contribution in [0.3, 0.4) is 0 Å². The minimum absolute atomic E-state index is 0.113. The third-order valence-corrected chi connectivity index (χ3v) is 1.85. The summed E-state index contributed by atoms with van der Waals surface area (Å²) in [6.45, 7) is 6.18. The van der Waals surface area contributed by atoms with Crippen LogP contribution in [-0.2, 0) is 4.79 Å². The van der Waals surface area contributed by atoms with Crippen LogP contribution in [0.5, 0.6) is 0 Å². The third kappa shape index (κ3) is 6.10. The highest BCUT2D eigenvalue weighted by Crippen LogP contribution is 1.98. The van der Waals surface area contributed by atoms with Gasteiger partial charge in [0, 0.05) is 6.04 Å². The second-order valence-corrected chi connectivity index (χ2v) is 3.33. The lowest BCUT2D eigenvalue weighted by Crippen LogP contribution is -2.43. The molecule has 5 nitrogen and oxygen atoms in total. The van der Waals surface area contributed by atoms with Crippen molar-refractivity contribution in [3.63, 3.8) is 0 Å². The van der Waals surface area contributed by atoms with Gasteiger partial charge in [0.25, 0.3) is 0 Å². The molecule has 0 aromatic heterocycles. The summed E-state index contributed by atoms with van der Waals surface area (Å²) in [4.78, 5) is 21.2. The number of nitrogens with one attached hydrogen (secondary N) is 2. The molecular weight excluding hydrogens is 170 g/mol. The number of hydrogen-bond donors (Lipinski definition) is 3. The zero-order valence-electron chi connectivity index (χ0n) is 8.26. The zero-order valence-corrected chi connectivity index (χ0v) is 8.26. The van der Waals surface area contributed by atoms with Crippen LogP contribution in [0.15, 0.2) is 0 Å². The van der Waals surface area contributed by atoms with E-state index in [1.54, 1.807) is 0 Å². The van der Waals surface area contributed by atoms with Crippen LogP contribution in [0.25, 0.3) is 0 Å². The molecule has 5 heteroatoms. The molecule has 1 unspecified atom stereocenters. The maximum atomic E-state index is 10.9. The van der Waals surface area contributed by atoms with Gasteiger partial charge in [-0.2, -0.15) is 0 Å². The molecule has 3 amide bonds. The molecule has 0 spiro atoms. The van der Waals surface area contributed by atoms with Crippen LogP contribution in [-0.4, -0.2) is 24.5 Å². The van der Waals surface area contributed by atoms with Crippen LogP contribution >= 0.6 is 0 Å². The molecule has 0 aliphatic heterocycles. The molecule has 0 radical (unpaired) electrons. The van der Waals surface area contributed by atoms with Crippen molar-refractivity contribution >= 4 is 11.9 Å². The van der Waals surface area contributed by atoms with Crippen molar-refractivity contribution in [3.05, 3.63) is 0 Å². The van der Waals surface area contributed by atoms with Gasteiger partial charge in [0.2, 0.25) is 5.91 Å². The highest BCUT2D eigenvalue weighted by molar-refractivity contribution is 5.94. The van der Waals surface area contributed by atoms with Gasteiger partial charge in [0.05, 0.1) is 6.54 Å². The summed E-state index contributed by atoms with van der Waals surface area (Å²) < 4.78 is 0. The number of urea groups is 1. The van der Waals surface area contributed by atoms with E-state index in [0.29, 0.717) is 5.92 Å². The lowest BCUT2D eigenvalue weighted by molar-refractivity contribution is -0.119. The fourth-order valence-electron chi connectivity index (χ4n) is 0.671. The summed E-state index contributed by atoms with van der Waals surface area (Å²) in [5.74, 6) is 0.0429. The summed E-state index contributed by atoms with van der Waals surface area (Å²) in [6, 6.07) is -0.581. The quantitative estimate of drug-likeness (QED) is 0.570. The van der Waals surface area contributed by atoms with E-state index < -0.39 is 11.9 Å². The monoisotopic (exact) mass is 187 g/mol. The maximum absolute atomic E-state index is 10.9. The van der Waals surface area contributed by atoms with Crippen molar-refractivity contribution in [1.82, 2.24) is 10.6 Å². The highest BCUT2D eigenvalue weighted by Gasteiger charge is 2.09. The van der Waals surface area contributed by atoms with E-state index in [9.17, 15) is 9.59 Å². The van der Waals surface area contributed by atoms with Gasteiger partial charge >= 0.3 is 6.03 Å². The predicted octanol–water partition coefficient (Wildman–Crippen LogP) is -0.185. The van der Waals surface area contributed by atoms with Crippen molar-refractivity contribution in [2.75, 3.05) is 6.54 Å². The second kappa shape index (κ2) is 5.53. The second-order valence-electron chi connectivity index (χ2n) is 3.33. The first-order chi connectivity index (χ1) is 5.93. The molecule has 0 aliphatic carbocycles. The SMILES string of the molecule is CC(C)C(C)NCC(=O)NC(N)=O. The third-order valence-electron chi connectivity index (χ3n) is 1.85. The van der Waals surface area contributed by atoms with Crippen LogP contribution < -0.4 is 16.4 Å². The molecule has 0 saturated heterocycles. The summed E-state index contributed by atoms with van der Waals surface area (Å²) in [5.41, 5.74) is 4.76. The zero-order chi connectivity index (χ0) is 10.4. The number of imide groups is 1. The Balaban J connectivity index is 3.64. The lowest BCUT2D eigenvalue weighted by Gasteiger charge is -2.16. The molecule has 4 N–H and O–H groups in total. The van der Waals surface area contributed by atoms with Crippen molar-refractivity contribution in [2.24, 2.45) is 11.7 Å². The molecule has 76 valence electrons. The number of amides is 3. The van der Waals surface area contributed by atoms with Gasteiger partial charge in [-0.1, -0.05) is 13.8 Å². The Morgan fingerprint density at radius 1 is 1.31 bits per heavy atom. The van der Waals surface area contributed by atoms with Crippen LogP contribution in [0, 0.1) is 5.92 Å². The topological polar surface area (TPSA) is 84.2 Å². The van der Waals surface area contributed by atoms with Crippen LogP contribution in [0.4, 0.5) is 4.79 Å². The van der Waals surface area contributed by atoms with Crippen molar-refractivity contribution in [3.8, 4) is 0 Å². The first-order valence-corrected chi connectivity index (χ1v) is 4.26. The van der Waals surface area contributed by atoms with Crippen molar-refractivity contribution in [1.29, 1.82) is 0 Å². The predicted molar refractivity (Wildman–Crippen MR) is 50.0 cm³/mol. The van der Waals surface area contributed by atoms with E-state index in [-0.39, 0.29) is 12.6 Å². The van der Waals surface area contributed by atoms with E-state index in [4.69, 9.17) is 5.73 Å². The molecule has 0 aromatic carbocycles. The Hall–Kier alpha value is -1.10. The Labute approximate surface area is 78.1 Å². The van der Waals surface area contributed by atoms with Crippen LogP contribution in [0.2, 0.25) is 0 Å². The Kier molecular flexibility index (Phi) is 5.06. The maximum Gasteiger partial charge on any atom is 0.318 e. The van der Waals surface area contributed by atoms with Gasteiger partial charge in [-0.25, -0.2) is 4.79 Å². The average Bonchev–Trinajstić information content (AvgIpc) is 1.98. The average molecular weight is 187 g/mol. The fraction of sp³-hybridized carbons (Fsp3) is 0.750. The molecule has 0 bridgehead atoms. The first kappa shape index (κ1) is 11.9. The minimum Gasteiger partial charge on any atom is -0.351 e. The van der Waals surface area contributed by atoms with Gasteiger partial charge in [0.1, 0.15) is 0 Å². The largest absolute Gasteiger partial charge is 0.351 e. The number of carbonyl (C=O) groups excluding carboxylic acids is 2. The lowest BCUT2D eigenvalue weighted by atomic mass is 10.1. The smallest absolute Gasteiger partial charge is 0.318 e. The normalized spacial score (nSPS) is 12.6. The number of nitrogens with two attached hydrogens (primary N) is 1. The first-order valence-electron chi connectivity index (χ1n) is 4.26.